The van der Waals surface area contributed by atoms with Gasteiger partial charge in [-0.1, -0.05) is 55.7 Å². The summed E-state index contributed by atoms with van der Waals surface area (Å²) in [6.07, 6.45) is -5.69. The van der Waals surface area contributed by atoms with Crippen LogP contribution in [-0.2, 0) is 14.4 Å². The summed E-state index contributed by atoms with van der Waals surface area (Å²) >= 11 is 0. The van der Waals surface area contributed by atoms with Gasteiger partial charge in [0.1, 0.15) is 5.75 Å². The van der Waals surface area contributed by atoms with Gasteiger partial charge in [0.15, 0.2) is 0 Å². The molecule has 5 N–H and O–H groups in total. The van der Waals surface area contributed by atoms with Crippen LogP contribution in [0, 0.1) is 18.8 Å². The summed E-state index contributed by atoms with van der Waals surface area (Å²) in [5.74, 6) is -3.27. The topological polar surface area (TPSA) is 134 Å². The number of hydrogen-bond donors (Lipinski definition) is 4. The molecule has 0 aromatic heterocycles. The van der Waals surface area contributed by atoms with E-state index >= 15 is 0 Å². The lowest BCUT2D eigenvalue weighted by atomic mass is 9.97. The maximum atomic E-state index is 12.9. The lowest BCUT2D eigenvalue weighted by Gasteiger charge is -2.19. The molecule has 2 unspecified atom stereocenters. The molecule has 2 aromatic carbocycles. The Bertz CT molecular complexity index is 1230. The highest BCUT2D eigenvalue weighted by molar-refractivity contribution is 6.20. The van der Waals surface area contributed by atoms with Crippen LogP contribution in [-0.4, -0.2) is 40.9 Å². The number of aryl methyl sites for hydroxylation is 1. The minimum Gasteiger partial charge on any atom is -0.506 e. The van der Waals surface area contributed by atoms with Gasteiger partial charge < -0.3 is 21.5 Å². The number of nitrogens with zero attached hydrogens (tertiary/aromatic N) is 1. The lowest BCUT2D eigenvalue weighted by molar-refractivity contribution is -0.143. The highest BCUT2D eigenvalue weighted by Gasteiger charge is 2.34. The Balaban J connectivity index is 0.000000912. The predicted molar refractivity (Wildman–Crippen MR) is 136 cm³/mol. The van der Waals surface area contributed by atoms with E-state index in [1.165, 1.54) is 18.9 Å². The molecule has 0 radical (unpaired) electrons. The van der Waals surface area contributed by atoms with Crippen LogP contribution in [0.2, 0.25) is 0 Å². The van der Waals surface area contributed by atoms with E-state index in [0.717, 1.165) is 11.5 Å². The number of nitrogens with two attached hydrogens (primary N) is 1. The smallest absolute Gasteiger partial charge is 0.389 e. The first kappa shape index (κ1) is 28.7. The molecule has 1 aliphatic carbocycles. The number of nitrogens with one attached hydrogen (secondary N) is 2. The molecule has 1 aliphatic heterocycles. The Kier molecular flexibility index (Phi) is 9.13. The third-order valence-corrected chi connectivity index (χ3v) is 6.08. The summed E-state index contributed by atoms with van der Waals surface area (Å²) in [6, 6.07) is 11.7. The van der Waals surface area contributed by atoms with E-state index < -0.39 is 55.2 Å². The molecule has 2 aromatic rings. The van der Waals surface area contributed by atoms with Crippen molar-refractivity contribution < 1.29 is 32.7 Å². The van der Waals surface area contributed by atoms with Crippen LogP contribution in [0.4, 0.5) is 18.9 Å². The van der Waals surface area contributed by atoms with E-state index in [0.29, 0.717) is 11.1 Å². The minimum atomic E-state index is -4.54. The van der Waals surface area contributed by atoms with Gasteiger partial charge in [0, 0.05) is 29.9 Å². The number of amides is 3. The van der Waals surface area contributed by atoms with Crippen molar-refractivity contribution in [2.24, 2.45) is 22.6 Å². The first-order valence-corrected chi connectivity index (χ1v) is 12.3. The van der Waals surface area contributed by atoms with E-state index in [-0.39, 0.29) is 17.1 Å². The number of rotatable bonds is 7. The standard InChI is InChI=1S/C23H23F3N4O4.C4H8/c1-12-4-2-5-13(10-12)18-15-6-3-7-16(31)19(15)29-22(34)20(28-18)30-21(33)14(11-17(27)32)8-9-23(24,25)26;1-4-2-3-4/h2-7,10,14,20,31H,8-9,11H2,1H3,(H2,27,32)(H,29,34)(H,30,33);4H,2-3H2,1H3. The fourth-order valence-corrected chi connectivity index (χ4v) is 3.76. The van der Waals surface area contributed by atoms with Gasteiger partial charge in [-0.3, -0.25) is 14.4 Å². The number of carbonyl (C=O) groups is 3. The van der Waals surface area contributed by atoms with Gasteiger partial charge in [-0.25, -0.2) is 4.99 Å². The van der Waals surface area contributed by atoms with Crippen LogP contribution in [0.5, 0.6) is 5.75 Å². The average Bonchev–Trinajstić information content (AvgIpc) is 3.63. The molecule has 0 spiro atoms. The summed E-state index contributed by atoms with van der Waals surface area (Å²) in [5.41, 5.74) is 7.33. The maximum Gasteiger partial charge on any atom is 0.389 e. The van der Waals surface area contributed by atoms with Crippen molar-refractivity contribution in [1.29, 1.82) is 0 Å². The van der Waals surface area contributed by atoms with Gasteiger partial charge in [0.25, 0.3) is 5.91 Å². The minimum absolute atomic E-state index is 0.0789. The summed E-state index contributed by atoms with van der Waals surface area (Å²) in [5, 5.41) is 15.1. The molecule has 1 heterocycles. The number of anilines is 1. The number of alkyl halides is 3. The molecule has 0 saturated heterocycles. The molecule has 38 heavy (non-hydrogen) atoms. The molecule has 1 saturated carbocycles. The summed E-state index contributed by atoms with van der Waals surface area (Å²) < 4.78 is 38.1. The summed E-state index contributed by atoms with van der Waals surface area (Å²) in [4.78, 5) is 41.3. The van der Waals surface area contributed by atoms with E-state index in [9.17, 15) is 32.7 Å². The molecule has 8 nitrogen and oxygen atoms in total. The molecule has 204 valence electrons. The molecule has 11 heteroatoms. The molecule has 3 amide bonds. The SMILES string of the molecule is CC1CC1.Cc1cccc(C2=NC(NC(=O)C(CCC(F)(F)F)CC(N)=O)C(=O)Nc3c(O)cccc32)c1. The van der Waals surface area contributed by atoms with Gasteiger partial charge in [0.2, 0.25) is 18.0 Å². The first-order chi connectivity index (χ1) is 17.8. The number of para-hydroxylation sites is 1. The number of aromatic hydroxyl groups is 1. The Morgan fingerprint density at radius 2 is 1.87 bits per heavy atom. The highest BCUT2D eigenvalue weighted by atomic mass is 19.4. The van der Waals surface area contributed by atoms with E-state index in [1.54, 1.807) is 30.3 Å². The number of fused-ring (bicyclic) bond motifs is 1. The number of hydrogen-bond acceptors (Lipinski definition) is 5. The fraction of sp³-hybridized carbons (Fsp3) is 0.407. The number of carbonyl (C=O) groups excluding carboxylic acids is 3. The zero-order chi connectivity index (χ0) is 28.0. The van der Waals surface area contributed by atoms with Crippen LogP contribution >= 0.6 is 0 Å². The number of phenols is 1. The average molecular weight is 533 g/mol. The van der Waals surface area contributed by atoms with Crippen molar-refractivity contribution in [3.05, 3.63) is 59.2 Å². The second kappa shape index (κ2) is 12.1. The van der Waals surface area contributed by atoms with Crippen LogP contribution < -0.4 is 16.4 Å². The maximum absolute atomic E-state index is 12.9. The summed E-state index contributed by atoms with van der Waals surface area (Å²) in [6.45, 7) is 4.13. The molecule has 2 aliphatic rings. The van der Waals surface area contributed by atoms with Crippen LogP contribution in [0.25, 0.3) is 0 Å². The number of benzene rings is 2. The van der Waals surface area contributed by atoms with Crippen LogP contribution in [0.3, 0.4) is 0 Å². The second-order valence-electron chi connectivity index (χ2n) is 9.65. The predicted octanol–water partition coefficient (Wildman–Crippen LogP) is 4.18. The van der Waals surface area contributed by atoms with Gasteiger partial charge in [0.05, 0.1) is 11.4 Å². The zero-order valence-electron chi connectivity index (χ0n) is 21.1. The van der Waals surface area contributed by atoms with E-state index in [4.69, 9.17) is 5.73 Å². The fourth-order valence-electron chi connectivity index (χ4n) is 3.76. The number of phenolic OH excluding ortho intramolecular Hbond substituents is 1. The van der Waals surface area contributed by atoms with Gasteiger partial charge >= 0.3 is 6.18 Å². The molecule has 1 fully saturated rings. The van der Waals surface area contributed by atoms with Crippen molar-refractivity contribution in [2.45, 2.75) is 58.3 Å². The number of benzodiazepines with no additional fused rings is 1. The number of primary amides is 1. The normalized spacial score (nSPS) is 17.6. The Labute approximate surface area is 218 Å². The monoisotopic (exact) mass is 532 g/mol. The first-order valence-electron chi connectivity index (χ1n) is 12.3. The van der Waals surface area contributed by atoms with Gasteiger partial charge in [-0.2, -0.15) is 13.2 Å². The van der Waals surface area contributed by atoms with Crippen LogP contribution in [0.1, 0.15) is 55.7 Å². The molecule has 0 bridgehead atoms. The number of halogens is 3. The Morgan fingerprint density at radius 3 is 2.45 bits per heavy atom. The van der Waals surface area contributed by atoms with Crippen molar-refractivity contribution in [2.75, 3.05) is 5.32 Å². The third kappa shape index (κ3) is 8.32. The van der Waals surface area contributed by atoms with Crippen molar-refractivity contribution in [1.82, 2.24) is 5.32 Å². The van der Waals surface area contributed by atoms with Gasteiger partial charge in [-0.15, -0.1) is 0 Å². The Morgan fingerprint density at radius 1 is 1.21 bits per heavy atom. The zero-order valence-corrected chi connectivity index (χ0v) is 21.1. The second-order valence-corrected chi connectivity index (χ2v) is 9.65. The largest absolute Gasteiger partial charge is 0.506 e. The van der Waals surface area contributed by atoms with Crippen molar-refractivity contribution >= 4 is 29.1 Å². The molecular formula is C27H31F3N4O4. The quantitative estimate of drug-likeness (QED) is 0.398. The molecule has 2 atom stereocenters. The lowest BCUT2D eigenvalue weighted by Crippen LogP contribution is -2.45. The number of aliphatic imine (C=N–C) groups is 1. The van der Waals surface area contributed by atoms with E-state index in [2.05, 4.69) is 22.5 Å². The summed E-state index contributed by atoms with van der Waals surface area (Å²) in [7, 11) is 0. The van der Waals surface area contributed by atoms with E-state index in [1.807, 2.05) is 13.0 Å². The van der Waals surface area contributed by atoms with Crippen molar-refractivity contribution in [3.8, 4) is 5.75 Å². The van der Waals surface area contributed by atoms with Crippen LogP contribution in [0.15, 0.2) is 47.5 Å². The highest BCUT2D eigenvalue weighted by Crippen LogP contribution is 2.32. The van der Waals surface area contributed by atoms with Crippen molar-refractivity contribution in [3.63, 3.8) is 0 Å². The molecular weight excluding hydrogens is 501 g/mol. The third-order valence-electron chi connectivity index (χ3n) is 6.08. The molecule has 4 rings (SSSR count). The Hall–Kier alpha value is -3.89. The van der Waals surface area contributed by atoms with Gasteiger partial charge in [-0.05, 0) is 31.4 Å².